The molecule has 1 aromatic heterocycles. The number of hydrogen-bond donors (Lipinski definition) is 2. The van der Waals surface area contributed by atoms with E-state index in [4.69, 9.17) is 5.26 Å². The number of aromatic nitrogens is 1. The van der Waals surface area contributed by atoms with Gasteiger partial charge in [0.15, 0.2) is 9.84 Å². The zero-order chi connectivity index (χ0) is 25.5. The van der Waals surface area contributed by atoms with E-state index >= 15 is 0 Å². The minimum Gasteiger partial charge on any atom is -0.348 e. The Balaban J connectivity index is 1.57. The SMILES string of the molecule is CCCS(=O)(=O)CCNC(=O)C(=O)c1c(C)c(C(=O)Nc2ccc(F)c(C#N)c2)n2c1C[C@H]1C[C@H]12. The summed E-state index contributed by atoms with van der Waals surface area (Å²) < 4.78 is 39.2. The molecule has 2 N–H and O–H groups in total. The highest BCUT2D eigenvalue weighted by molar-refractivity contribution is 7.91. The topological polar surface area (TPSA) is 138 Å². The Morgan fingerprint density at radius 2 is 2.00 bits per heavy atom. The molecule has 2 aliphatic rings. The van der Waals surface area contributed by atoms with Crippen molar-refractivity contribution in [3.63, 3.8) is 0 Å². The lowest BCUT2D eigenvalue weighted by Gasteiger charge is -2.10. The summed E-state index contributed by atoms with van der Waals surface area (Å²) in [6.07, 6.45) is 1.90. The summed E-state index contributed by atoms with van der Waals surface area (Å²) in [5.74, 6) is -2.92. The zero-order valence-electron chi connectivity index (χ0n) is 19.4. The second kappa shape index (κ2) is 9.26. The molecule has 1 aliphatic heterocycles. The molecule has 1 aromatic carbocycles. The van der Waals surface area contributed by atoms with E-state index in [0.717, 1.165) is 12.5 Å². The minimum absolute atomic E-state index is 0.00802. The van der Waals surface area contributed by atoms with Crippen molar-refractivity contribution in [1.29, 1.82) is 5.26 Å². The zero-order valence-corrected chi connectivity index (χ0v) is 20.2. The number of fused-ring (bicyclic) bond motifs is 3. The molecule has 0 unspecified atom stereocenters. The summed E-state index contributed by atoms with van der Waals surface area (Å²) >= 11 is 0. The normalized spacial score (nSPS) is 17.8. The van der Waals surface area contributed by atoms with Crippen LogP contribution in [0.4, 0.5) is 10.1 Å². The van der Waals surface area contributed by atoms with Crippen LogP contribution >= 0.6 is 0 Å². The van der Waals surface area contributed by atoms with Crippen LogP contribution in [0.25, 0.3) is 0 Å². The molecule has 2 aromatic rings. The molecular weight excluding hydrogens is 475 g/mol. The fourth-order valence-electron chi connectivity index (χ4n) is 4.74. The highest BCUT2D eigenvalue weighted by Crippen LogP contribution is 2.54. The summed E-state index contributed by atoms with van der Waals surface area (Å²) in [4.78, 5) is 38.8. The summed E-state index contributed by atoms with van der Waals surface area (Å²) in [6.45, 7) is 3.16. The van der Waals surface area contributed by atoms with Gasteiger partial charge in [0.1, 0.15) is 17.6 Å². The smallest absolute Gasteiger partial charge is 0.292 e. The average Bonchev–Trinajstić information content (AvgIpc) is 3.37. The number of ketones is 1. The van der Waals surface area contributed by atoms with Crippen LogP contribution in [0.2, 0.25) is 0 Å². The number of nitrogens with zero attached hydrogens (tertiary/aromatic N) is 2. The summed E-state index contributed by atoms with van der Waals surface area (Å²) in [5.41, 5.74) is 1.39. The number of amides is 2. The highest BCUT2D eigenvalue weighted by atomic mass is 32.2. The number of Topliss-reactive ketones (excluding diaryl/α,β-unsaturated/α-hetero) is 1. The Hall–Kier alpha value is -3.52. The molecule has 1 aliphatic carbocycles. The molecule has 0 bridgehead atoms. The highest BCUT2D eigenvalue weighted by Gasteiger charge is 2.50. The molecule has 2 heterocycles. The quantitative estimate of drug-likeness (QED) is 0.400. The van der Waals surface area contributed by atoms with Crippen molar-refractivity contribution in [2.75, 3.05) is 23.4 Å². The van der Waals surface area contributed by atoms with Gasteiger partial charge < -0.3 is 15.2 Å². The summed E-state index contributed by atoms with van der Waals surface area (Å²) in [6, 6.07) is 5.43. The number of rotatable bonds is 9. The lowest BCUT2D eigenvalue weighted by Crippen LogP contribution is -2.35. The Bertz CT molecular complexity index is 1390. The van der Waals surface area contributed by atoms with Crippen molar-refractivity contribution < 1.29 is 27.2 Å². The van der Waals surface area contributed by atoms with Gasteiger partial charge in [-0.3, -0.25) is 14.4 Å². The maximum absolute atomic E-state index is 13.6. The third-order valence-electron chi connectivity index (χ3n) is 6.43. The molecule has 2 amide bonds. The Labute approximate surface area is 202 Å². The molecule has 2 atom stereocenters. The van der Waals surface area contributed by atoms with Gasteiger partial charge in [-0.1, -0.05) is 6.92 Å². The van der Waals surface area contributed by atoms with Gasteiger partial charge in [0, 0.05) is 29.7 Å². The average molecular weight is 501 g/mol. The fourth-order valence-corrected chi connectivity index (χ4v) is 5.98. The van der Waals surface area contributed by atoms with Crippen molar-refractivity contribution >= 4 is 33.1 Å². The van der Waals surface area contributed by atoms with Crippen LogP contribution in [-0.2, 0) is 21.1 Å². The molecule has 184 valence electrons. The Morgan fingerprint density at radius 1 is 1.26 bits per heavy atom. The van der Waals surface area contributed by atoms with E-state index in [0.29, 0.717) is 30.0 Å². The standard InChI is InChI=1S/C24H25FN4O5S/c1-3-7-35(33,34)8-6-27-24(32)22(30)20-13(2)21(29-18-10-14(18)11-19(20)29)23(31)28-16-4-5-17(25)15(9-16)12-26/h4-5,9,14,18H,3,6-8,10-11H2,1-2H3,(H,27,32)(H,28,31)/t14-,18-/m1/s1. The third kappa shape index (κ3) is 4.71. The van der Waals surface area contributed by atoms with Crippen LogP contribution in [-0.4, -0.2) is 48.6 Å². The second-order valence-electron chi connectivity index (χ2n) is 8.93. The van der Waals surface area contributed by atoms with E-state index in [1.54, 1.807) is 24.5 Å². The molecular formula is C24H25FN4O5S. The molecule has 9 nitrogen and oxygen atoms in total. The molecule has 4 rings (SSSR count). The number of nitrogens with one attached hydrogen (secondary N) is 2. The van der Waals surface area contributed by atoms with Crippen molar-refractivity contribution in [3.05, 3.63) is 52.1 Å². The first kappa shape index (κ1) is 24.6. The van der Waals surface area contributed by atoms with Gasteiger partial charge in [0.2, 0.25) is 0 Å². The van der Waals surface area contributed by atoms with Crippen LogP contribution in [0.5, 0.6) is 0 Å². The first-order chi connectivity index (χ1) is 16.6. The molecule has 11 heteroatoms. The van der Waals surface area contributed by atoms with Crippen LogP contribution < -0.4 is 10.6 Å². The number of benzene rings is 1. The Morgan fingerprint density at radius 3 is 2.69 bits per heavy atom. The first-order valence-electron chi connectivity index (χ1n) is 11.4. The number of carbonyl (C=O) groups is 3. The number of sulfone groups is 1. The van der Waals surface area contributed by atoms with Crippen molar-refractivity contribution in [3.8, 4) is 6.07 Å². The van der Waals surface area contributed by atoms with Gasteiger partial charge >= 0.3 is 0 Å². The number of hydrogen-bond acceptors (Lipinski definition) is 6. The predicted octanol–water partition coefficient (Wildman–Crippen LogP) is 2.30. The van der Waals surface area contributed by atoms with E-state index in [2.05, 4.69) is 10.6 Å². The number of nitriles is 1. The first-order valence-corrected chi connectivity index (χ1v) is 13.2. The van der Waals surface area contributed by atoms with Crippen molar-refractivity contribution in [2.24, 2.45) is 5.92 Å². The third-order valence-corrected chi connectivity index (χ3v) is 8.29. The van der Waals surface area contributed by atoms with Gasteiger partial charge in [-0.15, -0.1) is 0 Å². The second-order valence-corrected chi connectivity index (χ2v) is 11.2. The number of halogens is 1. The van der Waals surface area contributed by atoms with Crippen LogP contribution in [0.1, 0.15) is 63.5 Å². The monoisotopic (exact) mass is 500 g/mol. The molecule has 1 saturated carbocycles. The van der Waals surface area contributed by atoms with E-state index in [-0.39, 0.29) is 46.6 Å². The lowest BCUT2D eigenvalue weighted by atomic mass is 10.0. The summed E-state index contributed by atoms with van der Waals surface area (Å²) in [7, 11) is -3.31. The number of carbonyl (C=O) groups excluding carboxylic acids is 3. The number of anilines is 1. The van der Waals surface area contributed by atoms with Crippen LogP contribution in [0.15, 0.2) is 18.2 Å². The van der Waals surface area contributed by atoms with E-state index in [1.165, 1.54) is 12.1 Å². The van der Waals surface area contributed by atoms with Gasteiger partial charge in [-0.25, -0.2) is 12.8 Å². The van der Waals surface area contributed by atoms with Gasteiger partial charge in [-0.05, 0) is 55.9 Å². The Kier molecular flexibility index (Phi) is 6.51. The maximum Gasteiger partial charge on any atom is 0.292 e. The van der Waals surface area contributed by atoms with E-state index in [1.807, 2.05) is 0 Å². The lowest BCUT2D eigenvalue weighted by molar-refractivity contribution is -0.116. The maximum atomic E-state index is 13.6. The van der Waals surface area contributed by atoms with E-state index in [9.17, 15) is 27.2 Å². The molecule has 35 heavy (non-hydrogen) atoms. The molecule has 0 spiro atoms. The van der Waals surface area contributed by atoms with Crippen LogP contribution in [0, 0.1) is 30.0 Å². The summed E-state index contributed by atoms with van der Waals surface area (Å²) in [5, 5.41) is 14.1. The fraction of sp³-hybridized carbons (Fsp3) is 0.417. The molecule has 0 radical (unpaired) electrons. The van der Waals surface area contributed by atoms with Crippen molar-refractivity contribution in [2.45, 2.75) is 39.2 Å². The molecule has 0 saturated heterocycles. The van der Waals surface area contributed by atoms with Crippen LogP contribution in [0.3, 0.4) is 0 Å². The van der Waals surface area contributed by atoms with E-state index < -0.39 is 33.3 Å². The minimum atomic E-state index is -3.31. The predicted molar refractivity (Wildman–Crippen MR) is 125 cm³/mol. The molecule has 1 fully saturated rings. The van der Waals surface area contributed by atoms with Gasteiger partial charge in [0.05, 0.1) is 16.9 Å². The van der Waals surface area contributed by atoms with Gasteiger partial charge in [-0.2, -0.15) is 5.26 Å². The van der Waals surface area contributed by atoms with Gasteiger partial charge in [0.25, 0.3) is 17.6 Å². The largest absolute Gasteiger partial charge is 0.348 e. The van der Waals surface area contributed by atoms with Crippen molar-refractivity contribution in [1.82, 2.24) is 9.88 Å².